The van der Waals surface area contributed by atoms with Crippen LogP contribution >= 0.6 is 0 Å². The molecule has 2 aliphatic rings. The summed E-state index contributed by atoms with van der Waals surface area (Å²) in [5.74, 6) is -0.277. The van der Waals surface area contributed by atoms with Crippen molar-refractivity contribution in [2.75, 3.05) is 20.7 Å². The van der Waals surface area contributed by atoms with Gasteiger partial charge in [-0.1, -0.05) is 0 Å². The summed E-state index contributed by atoms with van der Waals surface area (Å²) in [4.78, 5) is 29.6. The Balaban J connectivity index is 2.34. The Labute approximate surface area is 76.2 Å². The second-order valence-electron chi connectivity index (χ2n) is 3.53. The smallest absolute Gasteiger partial charge is 0.254 e. The van der Waals surface area contributed by atoms with E-state index in [0.29, 0.717) is 6.54 Å². The highest BCUT2D eigenvalue weighted by Gasteiger charge is 2.77. The third-order valence-electron chi connectivity index (χ3n) is 2.90. The van der Waals surface area contributed by atoms with Gasteiger partial charge in [-0.3, -0.25) is 9.59 Å². The fourth-order valence-corrected chi connectivity index (χ4v) is 2.21. The van der Waals surface area contributed by atoms with Gasteiger partial charge >= 0.3 is 0 Å². The molecule has 5 heteroatoms. The topological polar surface area (TPSA) is 49.6 Å². The molecule has 1 unspecified atom stereocenters. The van der Waals surface area contributed by atoms with Crippen molar-refractivity contribution in [3.63, 3.8) is 0 Å². The van der Waals surface area contributed by atoms with Gasteiger partial charge in [0.15, 0.2) is 5.78 Å². The number of fused-ring (bicyclic) bond motifs is 1. The number of likely N-dealkylation sites (N-methyl/N-ethyl adjacent to an activating group) is 1. The van der Waals surface area contributed by atoms with Gasteiger partial charge in [0.05, 0.1) is 13.2 Å². The molecule has 0 spiro atoms. The van der Waals surface area contributed by atoms with E-state index in [1.165, 1.54) is 19.1 Å². The van der Waals surface area contributed by atoms with Crippen molar-refractivity contribution < 1.29 is 14.4 Å². The quantitative estimate of drug-likeness (QED) is 0.409. The highest BCUT2D eigenvalue weighted by molar-refractivity contribution is 6.15. The fourth-order valence-electron chi connectivity index (χ4n) is 2.21. The van der Waals surface area contributed by atoms with Gasteiger partial charge in [-0.25, -0.2) is 0 Å². The number of carbonyl (C=O) groups excluding carboxylic acids is 2. The lowest BCUT2D eigenvalue weighted by Gasteiger charge is -2.17. The Kier molecular flexibility index (Phi) is 1.53. The summed E-state index contributed by atoms with van der Waals surface area (Å²) in [6, 6.07) is -0.0764. The summed E-state index contributed by atoms with van der Waals surface area (Å²) in [7, 11) is 3.18. The first-order chi connectivity index (χ1) is 6.06. The van der Waals surface area contributed by atoms with E-state index in [1.54, 1.807) is 11.9 Å². The molecule has 2 saturated heterocycles. The van der Waals surface area contributed by atoms with Gasteiger partial charge < -0.3 is 9.74 Å². The van der Waals surface area contributed by atoms with E-state index in [1.807, 2.05) is 0 Å². The first-order valence-corrected chi connectivity index (χ1v) is 4.16. The Bertz CT molecular complexity index is 291. The first-order valence-electron chi connectivity index (χ1n) is 4.16. The predicted octanol–water partition coefficient (Wildman–Crippen LogP) is -0.968. The molecule has 0 saturated carbocycles. The van der Waals surface area contributed by atoms with Crippen LogP contribution in [0.15, 0.2) is 0 Å². The molecule has 72 valence electrons. The summed E-state index contributed by atoms with van der Waals surface area (Å²) in [5.41, 5.74) is -0.983. The summed E-state index contributed by atoms with van der Waals surface area (Å²) in [6.07, 6.45) is 0. The van der Waals surface area contributed by atoms with E-state index in [2.05, 4.69) is 0 Å². The zero-order valence-corrected chi connectivity index (χ0v) is 7.90. The molecule has 13 heavy (non-hydrogen) atoms. The normalized spacial score (nSPS) is 42.1. The Morgan fingerprint density at radius 2 is 2.31 bits per heavy atom. The predicted molar refractivity (Wildman–Crippen MR) is 43.7 cm³/mol. The second kappa shape index (κ2) is 2.30. The molecule has 0 aromatic carbocycles. The lowest BCUT2D eigenvalue weighted by molar-refractivity contribution is -0.150. The van der Waals surface area contributed by atoms with Gasteiger partial charge in [0.2, 0.25) is 5.54 Å². The molecule has 5 nitrogen and oxygen atoms in total. The number of likely N-dealkylation sites (tertiary alicyclic amines) is 1. The number of nitrogens with zero attached hydrogens (tertiary/aromatic N) is 2. The van der Waals surface area contributed by atoms with E-state index < -0.39 is 5.54 Å². The largest absolute Gasteiger partial charge is 0.342 e. The number of carbonyl (C=O) groups is 2. The van der Waals surface area contributed by atoms with Gasteiger partial charge in [0.25, 0.3) is 5.91 Å². The Morgan fingerprint density at radius 1 is 1.69 bits per heavy atom. The van der Waals surface area contributed by atoms with Gasteiger partial charge in [0, 0.05) is 13.6 Å². The zero-order valence-electron chi connectivity index (χ0n) is 7.90. The number of amides is 1. The molecule has 0 radical (unpaired) electrons. The van der Waals surface area contributed by atoms with Crippen molar-refractivity contribution in [3.8, 4) is 0 Å². The Morgan fingerprint density at radius 3 is 2.69 bits per heavy atom. The van der Waals surface area contributed by atoms with Crippen LogP contribution in [0, 0.1) is 0 Å². The van der Waals surface area contributed by atoms with Crippen molar-refractivity contribution in [2.24, 2.45) is 0 Å². The van der Waals surface area contributed by atoms with E-state index in [-0.39, 0.29) is 17.7 Å². The van der Waals surface area contributed by atoms with E-state index >= 15 is 0 Å². The molecule has 0 aromatic rings. The van der Waals surface area contributed by atoms with Crippen LogP contribution in [-0.4, -0.2) is 53.9 Å². The molecule has 0 aliphatic carbocycles. The highest BCUT2D eigenvalue weighted by atomic mass is 16.7. The average Bonchev–Trinajstić information content (AvgIpc) is 2.64. The molecule has 2 rings (SSSR count). The monoisotopic (exact) mass is 184 g/mol. The van der Waals surface area contributed by atoms with Crippen molar-refractivity contribution >= 4 is 11.7 Å². The molecule has 2 heterocycles. The maximum absolute atomic E-state index is 11.7. The summed E-state index contributed by atoms with van der Waals surface area (Å²) < 4.78 is 0. The van der Waals surface area contributed by atoms with Crippen LogP contribution in [0.25, 0.3) is 0 Å². The molecule has 0 N–H and O–H groups in total. The van der Waals surface area contributed by atoms with E-state index in [0.717, 1.165) is 0 Å². The molecule has 2 aliphatic heterocycles. The second-order valence-corrected chi connectivity index (χ2v) is 3.53. The average molecular weight is 184 g/mol. The zero-order chi connectivity index (χ0) is 9.80. The maximum atomic E-state index is 11.7. The SMILES string of the molecule is CON1[C@@H]2CN(C)C(=O)[C@]21C(C)=O. The molecule has 0 bridgehead atoms. The molecule has 3 atom stereocenters. The Hall–Kier alpha value is -0.940. The first kappa shape index (κ1) is 8.65. The van der Waals surface area contributed by atoms with E-state index in [4.69, 9.17) is 4.84 Å². The van der Waals surface area contributed by atoms with Gasteiger partial charge in [-0.15, -0.1) is 0 Å². The van der Waals surface area contributed by atoms with Crippen LogP contribution < -0.4 is 0 Å². The summed E-state index contributed by atoms with van der Waals surface area (Å²) in [5, 5.41) is 1.48. The van der Waals surface area contributed by atoms with Crippen molar-refractivity contribution in [1.82, 2.24) is 9.96 Å². The minimum Gasteiger partial charge on any atom is -0.342 e. The van der Waals surface area contributed by atoms with Crippen molar-refractivity contribution in [3.05, 3.63) is 0 Å². The highest BCUT2D eigenvalue weighted by Crippen LogP contribution is 2.48. The van der Waals surface area contributed by atoms with Crippen LogP contribution in [0.5, 0.6) is 0 Å². The molecular weight excluding hydrogens is 172 g/mol. The number of ketones is 1. The van der Waals surface area contributed by atoms with Crippen LogP contribution in [0.4, 0.5) is 0 Å². The number of piperazine rings is 1. The van der Waals surface area contributed by atoms with Crippen LogP contribution in [0.2, 0.25) is 0 Å². The van der Waals surface area contributed by atoms with Crippen LogP contribution in [-0.2, 0) is 14.4 Å². The maximum Gasteiger partial charge on any atom is 0.254 e. The number of hydroxylamine groups is 2. The summed E-state index contributed by atoms with van der Waals surface area (Å²) >= 11 is 0. The van der Waals surface area contributed by atoms with E-state index in [9.17, 15) is 9.59 Å². The molecule has 1 amide bonds. The minimum absolute atomic E-state index is 0.0764. The van der Waals surface area contributed by atoms with Gasteiger partial charge in [-0.2, -0.15) is 5.06 Å². The van der Waals surface area contributed by atoms with Crippen molar-refractivity contribution in [2.45, 2.75) is 18.5 Å². The van der Waals surface area contributed by atoms with Gasteiger partial charge in [-0.05, 0) is 6.92 Å². The lowest BCUT2D eigenvalue weighted by Crippen LogP contribution is -2.42. The standard InChI is InChI=1S/C8H12N2O3/c1-5(11)8-6(10(8)13-3)4-9(2)7(8)12/h6H,4H2,1-3H3/t6-,8+,10?/m1/s1. The van der Waals surface area contributed by atoms with Crippen molar-refractivity contribution in [1.29, 1.82) is 0 Å². The minimum atomic E-state index is -0.983. The number of Topliss-reactive ketones (excluding diaryl/α,β-unsaturated/α-hetero) is 1. The van der Waals surface area contributed by atoms with Crippen LogP contribution in [0.1, 0.15) is 6.92 Å². The third kappa shape index (κ3) is 0.739. The number of hydrogen-bond acceptors (Lipinski definition) is 4. The van der Waals surface area contributed by atoms with Crippen LogP contribution in [0.3, 0.4) is 0 Å². The molecular formula is C8H12N2O3. The third-order valence-corrected chi connectivity index (χ3v) is 2.90. The molecule has 0 aromatic heterocycles. The lowest BCUT2D eigenvalue weighted by atomic mass is 10.0. The number of hydrogen-bond donors (Lipinski definition) is 0. The van der Waals surface area contributed by atoms with Gasteiger partial charge in [0.1, 0.15) is 0 Å². The summed E-state index contributed by atoms with van der Waals surface area (Å²) in [6.45, 7) is 2.01. The number of rotatable bonds is 2. The fraction of sp³-hybridized carbons (Fsp3) is 0.750. The molecule has 2 fully saturated rings.